The lowest BCUT2D eigenvalue weighted by Gasteiger charge is -2.08. The number of sulfone groups is 1. The average molecular weight is 390 g/mol. The summed E-state index contributed by atoms with van der Waals surface area (Å²) in [6.45, 7) is 1.92. The number of amidine groups is 1. The number of hydrazone groups is 1. The quantitative estimate of drug-likeness (QED) is 0.477. The molecule has 0 aliphatic carbocycles. The minimum absolute atomic E-state index is 0. The van der Waals surface area contributed by atoms with E-state index < -0.39 is 10.2 Å². The summed E-state index contributed by atoms with van der Waals surface area (Å²) in [6, 6.07) is 9.76. The number of nitrogens with zero attached hydrogens (tertiary/aromatic N) is 2. The highest BCUT2D eigenvalue weighted by molar-refractivity contribution is 8.93. The Kier molecular flexibility index (Phi) is 5.24. The van der Waals surface area contributed by atoms with Gasteiger partial charge in [0.2, 0.25) is 0 Å². The summed E-state index contributed by atoms with van der Waals surface area (Å²) < 4.78 is 22.9. The number of benzene rings is 1. The fourth-order valence-corrected chi connectivity index (χ4v) is 5.88. The molecule has 0 aromatic heterocycles. The van der Waals surface area contributed by atoms with Crippen LogP contribution in [0, 0.1) is 0 Å². The molecule has 0 amide bonds. The van der Waals surface area contributed by atoms with Crippen LogP contribution in [0.4, 0.5) is 0 Å². The molecule has 1 saturated heterocycles. The standard InChI is InChI=1S/C13H15N3O2S2.BrH/c1-9(10-5-3-2-4-6-10)15-16-13-14-11-7-20(17,18)8-12(11)19-13;/h2-6,11-12H,7-8H2,1H3,(H-,14,16,17,18);1H/b15-9-;. The summed E-state index contributed by atoms with van der Waals surface area (Å²) in [6.07, 6.45) is 0. The second-order valence-electron chi connectivity index (χ2n) is 4.91. The molecule has 8 heteroatoms. The summed E-state index contributed by atoms with van der Waals surface area (Å²) in [5.41, 5.74) is 4.86. The number of hydrogen-bond acceptors (Lipinski definition) is 6. The second kappa shape index (κ2) is 6.60. The fourth-order valence-electron chi connectivity index (χ4n) is 2.29. The molecule has 2 aliphatic rings. The van der Waals surface area contributed by atoms with Crippen molar-refractivity contribution in [1.29, 1.82) is 0 Å². The lowest BCUT2D eigenvalue weighted by molar-refractivity contribution is 0.484. The summed E-state index contributed by atoms with van der Waals surface area (Å²) >= 11 is 1.47. The van der Waals surface area contributed by atoms with E-state index >= 15 is 0 Å². The molecule has 1 fully saturated rings. The van der Waals surface area contributed by atoms with Crippen LogP contribution in [-0.4, -0.2) is 38.2 Å². The maximum Gasteiger partial charge on any atom is 0.178 e. The van der Waals surface area contributed by atoms with E-state index in [1.165, 1.54) is 11.8 Å². The molecule has 114 valence electrons. The minimum atomic E-state index is -2.89. The Morgan fingerprint density at radius 1 is 1.43 bits per heavy atom. The van der Waals surface area contributed by atoms with Crippen LogP contribution in [0.1, 0.15) is 12.5 Å². The Hall–Kier alpha value is -0.700. The van der Waals surface area contributed by atoms with Gasteiger partial charge in [-0.1, -0.05) is 42.1 Å². The van der Waals surface area contributed by atoms with E-state index in [1.807, 2.05) is 37.3 Å². The molecule has 3 unspecified atom stereocenters. The van der Waals surface area contributed by atoms with E-state index in [4.69, 9.17) is 0 Å². The largest absolute Gasteiger partial charge is 0.615 e. The van der Waals surface area contributed by atoms with Crippen LogP contribution >= 0.6 is 28.7 Å². The van der Waals surface area contributed by atoms with Gasteiger partial charge in [-0.2, -0.15) is 5.10 Å². The van der Waals surface area contributed by atoms with E-state index in [9.17, 15) is 8.76 Å². The number of rotatable bonds is 2. The third-order valence-corrected chi connectivity index (χ3v) is 6.46. The van der Waals surface area contributed by atoms with Crippen molar-refractivity contribution in [3.63, 3.8) is 0 Å². The monoisotopic (exact) mass is 389 g/mol. The van der Waals surface area contributed by atoms with E-state index in [0.29, 0.717) is 5.17 Å². The molecule has 2 heterocycles. The zero-order valence-electron chi connectivity index (χ0n) is 11.4. The molecule has 0 bridgehead atoms. The number of hydrogen-bond donors (Lipinski definition) is 1. The maximum absolute atomic E-state index is 11.5. The molecule has 2 aliphatic heterocycles. The SMILES string of the molecule is Br.C/C(=N/NC1=NC2C[S+](=O)([O-])CC2S1)c1ccccc1. The third kappa shape index (κ3) is 3.94. The Labute approximate surface area is 139 Å². The van der Waals surface area contributed by atoms with Gasteiger partial charge in [0.1, 0.15) is 17.5 Å². The number of aliphatic imine (C=N–C) groups is 1. The predicted molar refractivity (Wildman–Crippen MR) is 93.3 cm³/mol. The van der Waals surface area contributed by atoms with E-state index in [1.54, 1.807) is 0 Å². The summed E-state index contributed by atoms with van der Waals surface area (Å²) in [4.78, 5) is 4.39. The van der Waals surface area contributed by atoms with Crippen molar-refractivity contribution >= 4 is 49.8 Å². The van der Waals surface area contributed by atoms with Crippen molar-refractivity contribution < 1.29 is 8.76 Å². The number of nitrogens with one attached hydrogen (secondary N) is 1. The van der Waals surface area contributed by atoms with Gasteiger partial charge in [-0.15, -0.1) is 21.2 Å². The highest BCUT2D eigenvalue weighted by Crippen LogP contribution is 2.35. The Morgan fingerprint density at radius 3 is 2.81 bits per heavy atom. The van der Waals surface area contributed by atoms with Crippen molar-refractivity contribution in [2.45, 2.75) is 18.2 Å². The Bertz CT molecular complexity index is 621. The summed E-state index contributed by atoms with van der Waals surface area (Å²) in [5.74, 6) is 0.385. The Balaban J connectivity index is 0.00000161. The number of halogens is 1. The molecule has 1 N–H and O–H groups in total. The fraction of sp³-hybridized carbons (Fsp3) is 0.385. The lowest BCUT2D eigenvalue weighted by atomic mass is 10.1. The molecule has 1 aromatic rings. The van der Waals surface area contributed by atoms with Crippen LogP contribution in [0.2, 0.25) is 0 Å². The summed E-state index contributed by atoms with van der Waals surface area (Å²) in [5, 5.41) is 5.07. The predicted octanol–water partition coefficient (Wildman–Crippen LogP) is 2.06. The molecular formula is C13H16BrN3O2S2. The van der Waals surface area contributed by atoms with E-state index in [0.717, 1.165) is 11.3 Å². The van der Waals surface area contributed by atoms with Crippen LogP contribution in [0.15, 0.2) is 40.4 Å². The molecule has 0 saturated carbocycles. The van der Waals surface area contributed by atoms with Crippen molar-refractivity contribution in [2.24, 2.45) is 10.1 Å². The van der Waals surface area contributed by atoms with Gasteiger partial charge in [-0.05, 0) is 12.5 Å². The van der Waals surface area contributed by atoms with Crippen LogP contribution in [0.25, 0.3) is 0 Å². The first-order chi connectivity index (χ1) is 9.53. The topological polar surface area (TPSA) is 76.9 Å². The highest BCUT2D eigenvalue weighted by atomic mass is 79.9. The number of fused-ring (bicyclic) bond motifs is 1. The van der Waals surface area contributed by atoms with Crippen LogP contribution < -0.4 is 5.43 Å². The summed E-state index contributed by atoms with van der Waals surface area (Å²) in [7, 11) is -2.89. The molecule has 0 radical (unpaired) electrons. The van der Waals surface area contributed by atoms with Crippen LogP contribution in [0.3, 0.4) is 0 Å². The molecular weight excluding hydrogens is 374 g/mol. The smallest absolute Gasteiger partial charge is 0.178 e. The molecule has 1 aromatic carbocycles. The van der Waals surface area contributed by atoms with E-state index in [2.05, 4.69) is 15.5 Å². The molecule has 3 atom stereocenters. The van der Waals surface area contributed by atoms with Gasteiger partial charge in [-0.25, -0.2) is 0 Å². The zero-order chi connectivity index (χ0) is 14.2. The minimum Gasteiger partial charge on any atom is -0.615 e. The molecule has 3 rings (SSSR count). The first kappa shape index (κ1) is 16.7. The van der Waals surface area contributed by atoms with Crippen LogP contribution in [-0.2, 0) is 14.4 Å². The highest BCUT2D eigenvalue weighted by Gasteiger charge is 2.46. The molecule has 5 nitrogen and oxygen atoms in total. The van der Waals surface area contributed by atoms with Gasteiger partial charge in [-0.3, -0.25) is 10.4 Å². The zero-order valence-corrected chi connectivity index (χ0v) is 14.7. The van der Waals surface area contributed by atoms with Gasteiger partial charge in [0.15, 0.2) is 5.17 Å². The van der Waals surface area contributed by atoms with Crippen molar-refractivity contribution in [2.75, 3.05) is 11.5 Å². The van der Waals surface area contributed by atoms with Crippen molar-refractivity contribution in [3.05, 3.63) is 35.9 Å². The van der Waals surface area contributed by atoms with Gasteiger partial charge < -0.3 is 4.55 Å². The molecule has 21 heavy (non-hydrogen) atoms. The lowest BCUT2D eigenvalue weighted by Crippen LogP contribution is -2.19. The number of thioether (sulfide) groups is 1. The van der Waals surface area contributed by atoms with Crippen molar-refractivity contribution in [1.82, 2.24) is 5.43 Å². The first-order valence-corrected chi connectivity index (χ1v) is 9.04. The van der Waals surface area contributed by atoms with Gasteiger partial charge >= 0.3 is 0 Å². The maximum atomic E-state index is 11.5. The van der Waals surface area contributed by atoms with Crippen molar-refractivity contribution in [3.8, 4) is 0 Å². The normalized spacial score (nSPS) is 31.3. The van der Waals surface area contributed by atoms with E-state index in [-0.39, 0.29) is 39.8 Å². The Morgan fingerprint density at radius 2 is 2.14 bits per heavy atom. The van der Waals surface area contributed by atoms with Gasteiger partial charge in [0.05, 0.1) is 21.2 Å². The second-order valence-corrected chi connectivity index (χ2v) is 8.29. The average Bonchev–Trinajstić information content (AvgIpc) is 2.90. The molecule has 0 spiro atoms. The van der Waals surface area contributed by atoms with Crippen LogP contribution in [0.5, 0.6) is 0 Å². The third-order valence-electron chi connectivity index (χ3n) is 3.33. The van der Waals surface area contributed by atoms with Gasteiger partial charge in [0, 0.05) is 0 Å². The first-order valence-electron chi connectivity index (χ1n) is 6.34. The van der Waals surface area contributed by atoms with Gasteiger partial charge in [0.25, 0.3) is 0 Å².